The molecule has 0 unspecified atom stereocenters. The molecule has 0 spiro atoms. The fourth-order valence-electron chi connectivity index (χ4n) is 3.73. The van der Waals surface area contributed by atoms with Gasteiger partial charge in [0.2, 0.25) is 0 Å². The number of aromatic amines is 1. The molecule has 0 aliphatic heterocycles. The summed E-state index contributed by atoms with van der Waals surface area (Å²) in [5.74, 6) is 1.65. The Morgan fingerprint density at radius 2 is 2.05 bits per heavy atom. The van der Waals surface area contributed by atoms with Crippen molar-refractivity contribution in [2.24, 2.45) is 0 Å². The van der Waals surface area contributed by atoms with Crippen LogP contribution in [0.2, 0.25) is 0 Å². The van der Waals surface area contributed by atoms with Crippen molar-refractivity contribution in [1.82, 2.24) is 19.5 Å². The molecule has 1 saturated carbocycles. The molecule has 0 amide bonds. The van der Waals surface area contributed by atoms with Gasteiger partial charge in [0.25, 0.3) is 0 Å². The molecule has 0 atom stereocenters. The summed E-state index contributed by atoms with van der Waals surface area (Å²) in [5, 5.41) is 1.21. The molecule has 0 saturated heterocycles. The summed E-state index contributed by atoms with van der Waals surface area (Å²) in [6.45, 7) is 4.48. The second-order valence-electron chi connectivity index (χ2n) is 6.52. The van der Waals surface area contributed by atoms with Gasteiger partial charge in [0, 0.05) is 23.5 Å². The third kappa shape index (κ3) is 1.96. The van der Waals surface area contributed by atoms with Gasteiger partial charge in [-0.05, 0) is 18.9 Å². The van der Waals surface area contributed by atoms with Crippen LogP contribution in [-0.2, 0) is 0 Å². The van der Waals surface area contributed by atoms with Gasteiger partial charge in [0.15, 0.2) is 0 Å². The van der Waals surface area contributed by atoms with Crippen LogP contribution in [0.5, 0.6) is 0 Å². The van der Waals surface area contributed by atoms with Crippen molar-refractivity contribution in [2.75, 3.05) is 0 Å². The topological polar surface area (TPSA) is 46.5 Å². The van der Waals surface area contributed by atoms with Crippen LogP contribution in [0.4, 0.5) is 0 Å². The Kier molecular flexibility index (Phi) is 2.98. The lowest BCUT2D eigenvalue weighted by molar-refractivity contribution is 0.350. The first-order valence-corrected chi connectivity index (χ1v) is 8.09. The lowest BCUT2D eigenvalue weighted by Crippen LogP contribution is -2.16. The van der Waals surface area contributed by atoms with Crippen molar-refractivity contribution in [1.29, 1.82) is 0 Å². The van der Waals surface area contributed by atoms with E-state index in [9.17, 15) is 0 Å². The van der Waals surface area contributed by atoms with Gasteiger partial charge in [0.1, 0.15) is 17.0 Å². The number of imidazole rings is 1. The molecule has 110 valence electrons. The van der Waals surface area contributed by atoms with E-state index >= 15 is 0 Å². The minimum absolute atomic E-state index is 0.438. The first-order valence-electron chi connectivity index (χ1n) is 8.09. The third-order valence-electron chi connectivity index (χ3n) is 4.72. The van der Waals surface area contributed by atoms with Gasteiger partial charge in [-0.2, -0.15) is 0 Å². The molecular formula is C17H22N4. The molecule has 4 heteroatoms. The van der Waals surface area contributed by atoms with Gasteiger partial charge < -0.3 is 9.55 Å². The molecule has 4 rings (SSSR count). The van der Waals surface area contributed by atoms with E-state index in [-0.39, 0.29) is 0 Å². The van der Waals surface area contributed by atoms with Gasteiger partial charge in [-0.15, -0.1) is 0 Å². The van der Waals surface area contributed by atoms with Crippen LogP contribution < -0.4 is 0 Å². The molecule has 1 aliphatic carbocycles. The second kappa shape index (κ2) is 4.86. The maximum absolute atomic E-state index is 4.90. The van der Waals surface area contributed by atoms with E-state index < -0.39 is 0 Å². The third-order valence-corrected chi connectivity index (χ3v) is 4.72. The molecule has 3 heterocycles. The molecular weight excluding hydrogens is 260 g/mol. The van der Waals surface area contributed by atoms with Crippen LogP contribution in [-0.4, -0.2) is 19.5 Å². The first kappa shape index (κ1) is 12.9. The van der Waals surface area contributed by atoms with Gasteiger partial charge in [-0.1, -0.05) is 33.1 Å². The summed E-state index contributed by atoms with van der Waals surface area (Å²) in [6, 6.07) is 2.73. The Balaban J connectivity index is 2.03. The normalized spacial score (nSPS) is 17.3. The molecule has 0 bridgehead atoms. The van der Waals surface area contributed by atoms with E-state index in [4.69, 9.17) is 4.98 Å². The minimum Gasteiger partial charge on any atom is -0.346 e. The fourth-order valence-corrected chi connectivity index (χ4v) is 3.73. The van der Waals surface area contributed by atoms with Gasteiger partial charge in [-0.25, -0.2) is 9.97 Å². The van der Waals surface area contributed by atoms with Crippen LogP contribution in [0.15, 0.2) is 18.5 Å². The number of nitrogens with one attached hydrogen (secondary N) is 1. The van der Waals surface area contributed by atoms with E-state index in [1.54, 1.807) is 0 Å². The van der Waals surface area contributed by atoms with Crippen molar-refractivity contribution in [3.63, 3.8) is 0 Å². The zero-order valence-electron chi connectivity index (χ0n) is 12.8. The number of nitrogens with zero attached hydrogens (tertiary/aromatic N) is 3. The predicted molar refractivity (Wildman–Crippen MR) is 85.6 cm³/mol. The van der Waals surface area contributed by atoms with Crippen molar-refractivity contribution in [3.8, 4) is 0 Å². The molecule has 1 fully saturated rings. The van der Waals surface area contributed by atoms with Crippen LogP contribution >= 0.6 is 0 Å². The predicted octanol–water partition coefficient (Wildman–Crippen LogP) is 4.54. The number of H-pyrrole nitrogens is 1. The number of rotatable bonds is 2. The van der Waals surface area contributed by atoms with Gasteiger partial charge in [0.05, 0.1) is 11.7 Å². The zero-order chi connectivity index (χ0) is 14.4. The Morgan fingerprint density at radius 1 is 1.24 bits per heavy atom. The Labute approximate surface area is 124 Å². The van der Waals surface area contributed by atoms with E-state index in [0.29, 0.717) is 12.0 Å². The highest BCUT2D eigenvalue weighted by molar-refractivity contribution is 6.01. The van der Waals surface area contributed by atoms with Crippen LogP contribution in [0.25, 0.3) is 22.1 Å². The van der Waals surface area contributed by atoms with Gasteiger partial charge in [-0.3, -0.25) is 0 Å². The maximum atomic E-state index is 4.90. The van der Waals surface area contributed by atoms with Gasteiger partial charge >= 0.3 is 0 Å². The summed E-state index contributed by atoms with van der Waals surface area (Å²) >= 11 is 0. The van der Waals surface area contributed by atoms with E-state index in [1.165, 1.54) is 48.8 Å². The molecule has 4 nitrogen and oxygen atoms in total. The monoisotopic (exact) mass is 282 g/mol. The highest BCUT2D eigenvalue weighted by atomic mass is 15.1. The Hall–Kier alpha value is -1.84. The fraction of sp³-hybridized carbons (Fsp3) is 0.529. The maximum Gasteiger partial charge on any atom is 0.139 e. The standard InChI is InChI=1S/C17H22N4/c1-11(2)17-20-14-10-19-16-13(8-9-18-16)15(14)21(17)12-6-4-3-5-7-12/h8-12H,3-7H2,1-2H3,(H,18,19). The molecule has 21 heavy (non-hydrogen) atoms. The summed E-state index contributed by atoms with van der Waals surface area (Å²) in [6.07, 6.45) is 10.5. The summed E-state index contributed by atoms with van der Waals surface area (Å²) in [4.78, 5) is 12.6. The SMILES string of the molecule is CC(C)c1nc2cnc3[nH]ccc3c2n1C1CCCCC1. The smallest absolute Gasteiger partial charge is 0.139 e. The number of aromatic nitrogens is 4. The van der Waals surface area contributed by atoms with Crippen molar-refractivity contribution < 1.29 is 0 Å². The summed E-state index contributed by atoms with van der Waals surface area (Å²) in [5.41, 5.74) is 3.28. The summed E-state index contributed by atoms with van der Waals surface area (Å²) < 4.78 is 2.52. The van der Waals surface area contributed by atoms with Crippen LogP contribution in [0.1, 0.15) is 63.7 Å². The van der Waals surface area contributed by atoms with Crippen molar-refractivity contribution >= 4 is 22.1 Å². The largest absolute Gasteiger partial charge is 0.346 e. The second-order valence-corrected chi connectivity index (χ2v) is 6.52. The number of pyridine rings is 1. The number of hydrogen-bond acceptors (Lipinski definition) is 2. The van der Waals surface area contributed by atoms with E-state index in [2.05, 4.69) is 34.4 Å². The zero-order valence-corrected chi connectivity index (χ0v) is 12.8. The number of hydrogen-bond donors (Lipinski definition) is 1. The van der Waals surface area contributed by atoms with Crippen LogP contribution in [0, 0.1) is 0 Å². The van der Waals surface area contributed by atoms with E-state index in [0.717, 1.165) is 11.2 Å². The average molecular weight is 282 g/mol. The van der Waals surface area contributed by atoms with Crippen molar-refractivity contribution in [2.45, 2.75) is 57.9 Å². The molecule has 0 aromatic carbocycles. The summed E-state index contributed by atoms with van der Waals surface area (Å²) in [7, 11) is 0. The lowest BCUT2D eigenvalue weighted by atomic mass is 9.94. The quantitative estimate of drug-likeness (QED) is 0.750. The molecule has 1 aliphatic rings. The molecule has 3 aromatic heterocycles. The van der Waals surface area contributed by atoms with Crippen LogP contribution in [0.3, 0.4) is 0 Å². The lowest BCUT2D eigenvalue weighted by Gasteiger charge is -2.26. The van der Waals surface area contributed by atoms with Crippen molar-refractivity contribution in [3.05, 3.63) is 24.3 Å². The molecule has 0 radical (unpaired) electrons. The minimum atomic E-state index is 0.438. The molecule has 1 N–H and O–H groups in total. The number of fused-ring (bicyclic) bond motifs is 3. The Morgan fingerprint density at radius 3 is 2.81 bits per heavy atom. The Bertz CT molecular complexity index is 775. The molecule has 3 aromatic rings. The highest BCUT2D eigenvalue weighted by Gasteiger charge is 2.24. The first-order chi connectivity index (χ1) is 10.3. The van der Waals surface area contributed by atoms with E-state index in [1.807, 2.05) is 12.4 Å². The highest BCUT2D eigenvalue weighted by Crippen LogP contribution is 2.36. The average Bonchev–Trinajstić information content (AvgIpc) is 3.11.